The lowest BCUT2D eigenvalue weighted by atomic mass is 9.94. The van der Waals surface area contributed by atoms with Crippen LogP contribution in [0.4, 0.5) is 5.69 Å². The molecule has 1 aliphatic rings. The molecule has 2 aromatic carbocycles. The molecule has 1 amide bonds. The lowest BCUT2D eigenvalue weighted by Gasteiger charge is -2.29. The molecule has 0 radical (unpaired) electrons. The molecule has 1 aliphatic heterocycles. The predicted molar refractivity (Wildman–Crippen MR) is 142 cm³/mol. The summed E-state index contributed by atoms with van der Waals surface area (Å²) in [7, 11) is 0. The Balaban J connectivity index is 1.68. The van der Waals surface area contributed by atoms with Gasteiger partial charge in [0.15, 0.2) is 0 Å². The van der Waals surface area contributed by atoms with E-state index >= 15 is 0 Å². The van der Waals surface area contributed by atoms with E-state index in [1.54, 1.807) is 36.4 Å². The topological polar surface area (TPSA) is 82.3 Å². The van der Waals surface area contributed by atoms with E-state index in [0.29, 0.717) is 39.6 Å². The Morgan fingerprint density at radius 1 is 1.14 bits per heavy atom. The summed E-state index contributed by atoms with van der Waals surface area (Å²) < 4.78 is 9.32. The zero-order valence-electron chi connectivity index (χ0n) is 18.9. The number of aromatic nitrogens is 2. The van der Waals surface area contributed by atoms with Crippen molar-refractivity contribution in [2.75, 3.05) is 5.32 Å². The average molecular weight is 575 g/mol. The zero-order chi connectivity index (χ0) is 24.9. The smallest absolute Gasteiger partial charge is 0.337 e. The van der Waals surface area contributed by atoms with Crippen LogP contribution in [-0.4, -0.2) is 20.6 Å². The SMILES string of the molecule is CC1(C)Cc2c(sc3c2c(=O)n(-c2ccc(Cl)cc2)c(=O)n3CC(=O)Nc2ccc(Br)cc2)CO1. The second kappa shape index (κ2) is 9.05. The van der Waals surface area contributed by atoms with Crippen LogP contribution in [0.1, 0.15) is 24.3 Å². The van der Waals surface area contributed by atoms with E-state index in [4.69, 9.17) is 16.3 Å². The van der Waals surface area contributed by atoms with Crippen molar-refractivity contribution in [3.63, 3.8) is 0 Å². The highest BCUT2D eigenvalue weighted by Crippen LogP contribution is 2.37. The van der Waals surface area contributed by atoms with Gasteiger partial charge in [0.25, 0.3) is 5.56 Å². The maximum absolute atomic E-state index is 13.7. The lowest BCUT2D eigenvalue weighted by molar-refractivity contribution is -0.116. The van der Waals surface area contributed by atoms with Crippen molar-refractivity contribution in [3.05, 3.63) is 89.3 Å². The standard InChI is InChI=1S/C25H21BrClN3O4S/c1-25(2)11-18-19(13-34-25)35-23-21(18)22(32)30(17-9-5-15(27)6-10-17)24(33)29(23)12-20(31)28-16-7-3-14(26)4-8-16/h3-10H,11-13H2,1-2H3,(H,28,31). The Morgan fingerprint density at radius 3 is 2.51 bits per heavy atom. The van der Waals surface area contributed by atoms with Crippen LogP contribution >= 0.6 is 38.9 Å². The molecule has 180 valence electrons. The number of carbonyl (C=O) groups is 1. The highest BCUT2D eigenvalue weighted by atomic mass is 79.9. The molecule has 35 heavy (non-hydrogen) atoms. The minimum atomic E-state index is -0.588. The van der Waals surface area contributed by atoms with Gasteiger partial charge in [-0.25, -0.2) is 9.36 Å². The van der Waals surface area contributed by atoms with E-state index in [1.807, 2.05) is 26.0 Å². The van der Waals surface area contributed by atoms with Crippen LogP contribution in [0.15, 0.2) is 62.6 Å². The van der Waals surface area contributed by atoms with Gasteiger partial charge in [0, 0.05) is 26.5 Å². The Labute approximate surface area is 218 Å². The number of rotatable bonds is 4. The van der Waals surface area contributed by atoms with Gasteiger partial charge in [0.1, 0.15) is 11.4 Å². The number of nitrogens with zero attached hydrogens (tertiary/aromatic N) is 2. The molecule has 3 heterocycles. The number of amides is 1. The van der Waals surface area contributed by atoms with Crippen LogP contribution in [0.5, 0.6) is 0 Å². The van der Waals surface area contributed by atoms with E-state index in [2.05, 4.69) is 21.2 Å². The molecule has 0 atom stereocenters. The number of ether oxygens (including phenoxy) is 1. The number of hydrogen-bond acceptors (Lipinski definition) is 5. The summed E-state index contributed by atoms with van der Waals surface area (Å²) in [6, 6.07) is 13.6. The fraction of sp³-hybridized carbons (Fsp3) is 0.240. The van der Waals surface area contributed by atoms with Gasteiger partial charge in [-0.2, -0.15) is 0 Å². The van der Waals surface area contributed by atoms with Crippen LogP contribution in [-0.2, 0) is 29.1 Å². The molecule has 1 N–H and O–H groups in total. The molecule has 0 aliphatic carbocycles. The Morgan fingerprint density at radius 2 is 1.83 bits per heavy atom. The second-order valence-electron chi connectivity index (χ2n) is 8.95. The summed E-state index contributed by atoms with van der Waals surface area (Å²) in [6.07, 6.45) is 0.529. The van der Waals surface area contributed by atoms with Gasteiger partial charge in [-0.15, -0.1) is 11.3 Å². The Bertz CT molecular complexity index is 1570. The number of hydrogen-bond donors (Lipinski definition) is 1. The van der Waals surface area contributed by atoms with Crippen molar-refractivity contribution in [1.82, 2.24) is 9.13 Å². The van der Waals surface area contributed by atoms with Crippen molar-refractivity contribution >= 4 is 60.7 Å². The van der Waals surface area contributed by atoms with Crippen molar-refractivity contribution < 1.29 is 9.53 Å². The predicted octanol–water partition coefficient (Wildman–Crippen LogP) is 5.12. The second-order valence-corrected chi connectivity index (χ2v) is 11.4. The minimum absolute atomic E-state index is 0.247. The van der Waals surface area contributed by atoms with E-state index in [-0.39, 0.29) is 12.5 Å². The quantitative estimate of drug-likeness (QED) is 0.367. The van der Waals surface area contributed by atoms with Gasteiger partial charge in [-0.3, -0.25) is 14.2 Å². The molecule has 0 saturated heterocycles. The molecule has 10 heteroatoms. The normalized spacial score (nSPS) is 14.6. The van der Waals surface area contributed by atoms with Gasteiger partial charge < -0.3 is 10.1 Å². The maximum atomic E-state index is 13.7. The molecule has 4 aromatic rings. The molecular weight excluding hydrogens is 554 g/mol. The van der Waals surface area contributed by atoms with Gasteiger partial charge in [-0.1, -0.05) is 27.5 Å². The zero-order valence-corrected chi connectivity index (χ0v) is 22.1. The van der Waals surface area contributed by atoms with Gasteiger partial charge >= 0.3 is 5.69 Å². The summed E-state index contributed by atoms with van der Waals surface area (Å²) in [5.41, 5.74) is 0.421. The number of nitrogens with one attached hydrogen (secondary N) is 1. The monoisotopic (exact) mass is 573 g/mol. The van der Waals surface area contributed by atoms with Crippen LogP contribution in [0.3, 0.4) is 0 Å². The Hall–Kier alpha value is -2.72. The van der Waals surface area contributed by atoms with E-state index < -0.39 is 16.9 Å². The van der Waals surface area contributed by atoms with Crippen LogP contribution in [0, 0.1) is 0 Å². The van der Waals surface area contributed by atoms with Crippen molar-refractivity contribution in [3.8, 4) is 5.69 Å². The number of fused-ring (bicyclic) bond motifs is 3. The number of anilines is 1. The highest BCUT2D eigenvalue weighted by Gasteiger charge is 2.32. The largest absolute Gasteiger partial charge is 0.370 e. The van der Waals surface area contributed by atoms with Gasteiger partial charge in [-0.05, 0) is 67.9 Å². The van der Waals surface area contributed by atoms with Gasteiger partial charge in [0.05, 0.1) is 23.3 Å². The number of carbonyl (C=O) groups excluding carboxylic acids is 1. The maximum Gasteiger partial charge on any atom is 0.337 e. The first kappa shape index (κ1) is 24.0. The average Bonchev–Trinajstić information content (AvgIpc) is 3.17. The van der Waals surface area contributed by atoms with Crippen molar-refractivity contribution in [2.45, 2.75) is 39.0 Å². The summed E-state index contributed by atoms with van der Waals surface area (Å²) in [4.78, 5) is 41.7. The first-order valence-electron chi connectivity index (χ1n) is 10.9. The van der Waals surface area contributed by atoms with Gasteiger partial charge in [0.2, 0.25) is 5.91 Å². The summed E-state index contributed by atoms with van der Waals surface area (Å²) in [5, 5.41) is 3.76. The molecule has 7 nitrogen and oxygen atoms in total. The van der Waals surface area contributed by atoms with Crippen LogP contribution in [0.25, 0.3) is 15.9 Å². The fourth-order valence-corrected chi connectivity index (χ4v) is 5.79. The summed E-state index contributed by atoms with van der Waals surface area (Å²) in [6.45, 7) is 4.04. The third-order valence-electron chi connectivity index (χ3n) is 5.87. The molecule has 0 unspecified atom stereocenters. The van der Waals surface area contributed by atoms with Crippen LogP contribution < -0.4 is 16.6 Å². The third-order valence-corrected chi connectivity index (χ3v) is 7.88. The van der Waals surface area contributed by atoms with E-state index in [0.717, 1.165) is 19.5 Å². The highest BCUT2D eigenvalue weighted by molar-refractivity contribution is 9.10. The number of benzene rings is 2. The van der Waals surface area contributed by atoms with E-state index in [1.165, 1.54) is 15.9 Å². The Kier molecular flexibility index (Phi) is 6.21. The number of halogens is 2. The molecule has 0 bridgehead atoms. The molecule has 0 spiro atoms. The van der Waals surface area contributed by atoms with Crippen molar-refractivity contribution in [2.24, 2.45) is 0 Å². The lowest BCUT2D eigenvalue weighted by Crippen LogP contribution is -2.41. The van der Waals surface area contributed by atoms with E-state index in [9.17, 15) is 14.4 Å². The molecular formula is C25H21BrClN3O4S. The fourth-order valence-electron chi connectivity index (χ4n) is 4.19. The summed E-state index contributed by atoms with van der Waals surface area (Å²) in [5.74, 6) is -0.375. The number of thiophene rings is 1. The molecule has 0 fully saturated rings. The third kappa shape index (κ3) is 4.61. The van der Waals surface area contributed by atoms with Crippen molar-refractivity contribution in [1.29, 1.82) is 0 Å². The summed E-state index contributed by atoms with van der Waals surface area (Å²) >= 11 is 10.7. The first-order chi connectivity index (χ1) is 16.6. The molecule has 2 aromatic heterocycles. The first-order valence-corrected chi connectivity index (χ1v) is 12.9. The molecule has 5 rings (SSSR count). The minimum Gasteiger partial charge on any atom is -0.370 e. The molecule has 0 saturated carbocycles. The van der Waals surface area contributed by atoms with Crippen LogP contribution in [0.2, 0.25) is 5.02 Å².